The number of aryl methyl sites for hydroxylation is 1. The molecule has 0 radical (unpaired) electrons. The molecule has 0 saturated carbocycles. The summed E-state index contributed by atoms with van der Waals surface area (Å²) in [5.74, 6) is 0.285. The minimum Gasteiger partial charge on any atom is -0.452 e. The molecule has 0 saturated heterocycles. The number of allylic oxidation sites excluding steroid dienone is 3. The summed E-state index contributed by atoms with van der Waals surface area (Å²) in [5.41, 5.74) is 2.80. The number of hydrogen-bond donors (Lipinski definition) is 0. The number of rotatable bonds is 4. The molecule has 0 N–H and O–H groups in total. The van der Waals surface area contributed by atoms with E-state index in [0.29, 0.717) is 22.6 Å². The zero-order valence-corrected chi connectivity index (χ0v) is 15.8. The number of esters is 1. The van der Waals surface area contributed by atoms with Crippen molar-refractivity contribution >= 4 is 17.8 Å². The Balaban J connectivity index is 1.50. The Labute approximate surface area is 168 Å². The number of ketones is 1. The van der Waals surface area contributed by atoms with Crippen molar-refractivity contribution in [3.8, 4) is 11.5 Å². The van der Waals surface area contributed by atoms with Gasteiger partial charge in [-0.2, -0.15) is 0 Å². The number of carbonyl (C=O) groups is 2. The fourth-order valence-electron chi connectivity index (χ4n) is 3.02. The van der Waals surface area contributed by atoms with Crippen molar-refractivity contribution in [2.45, 2.75) is 6.92 Å². The first-order chi connectivity index (χ1) is 14.1. The van der Waals surface area contributed by atoms with Crippen molar-refractivity contribution in [2.75, 3.05) is 0 Å². The molecule has 0 unspecified atom stereocenters. The lowest BCUT2D eigenvalue weighted by atomic mass is 10.1. The molecule has 29 heavy (non-hydrogen) atoms. The quantitative estimate of drug-likeness (QED) is 0.345. The maximum Gasteiger partial charge on any atom is 0.343 e. The third-order valence-corrected chi connectivity index (χ3v) is 4.55. The van der Waals surface area contributed by atoms with Crippen LogP contribution in [0, 0.1) is 6.92 Å². The highest BCUT2D eigenvalue weighted by Gasteiger charge is 2.27. The van der Waals surface area contributed by atoms with Gasteiger partial charge in [-0.15, -0.1) is 0 Å². The van der Waals surface area contributed by atoms with E-state index in [0.717, 1.165) is 11.1 Å². The Kier molecular flexibility index (Phi) is 5.08. The van der Waals surface area contributed by atoms with E-state index in [1.54, 1.807) is 42.5 Å². The number of fused-ring (bicyclic) bond motifs is 1. The largest absolute Gasteiger partial charge is 0.452 e. The molecule has 4 heteroatoms. The highest BCUT2D eigenvalue weighted by Crippen LogP contribution is 2.34. The smallest absolute Gasteiger partial charge is 0.343 e. The minimum atomic E-state index is -0.450. The summed E-state index contributed by atoms with van der Waals surface area (Å²) in [6.45, 7) is 1.85. The molecule has 0 amide bonds. The molecular weight excluding hydrogens is 364 g/mol. The van der Waals surface area contributed by atoms with Gasteiger partial charge in [0.1, 0.15) is 11.5 Å². The molecule has 1 aliphatic heterocycles. The second-order valence-corrected chi connectivity index (χ2v) is 6.59. The fraction of sp³-hybridized carbons (Fsp3) is 0.0400. The first-order valence-electron chi connectivity index (χ1n) is 9.19. The molecule has 0 atom stereocenters. The van der Waals surface area contributed by atoms with E-state index < -0.39 is 5.97 Å². The number of carbonyl (C=O) groups excluding carboxylic acids is 2. The Hall–Kier alpha value is -3.92. The van der Waals surface area contributed by atoms with Gasteiger partial charge in [0, 0.05) is 6.07 Å². The van der Waals surface area contributed by atoms with Crippen molar-refractivity contribution < 1.29 is 19.1 Å². The third-order valence-electron chi connectivity index (χ3n) is 4.55. The van der Waals surface area contributed by atoms with Crippen LogP contribution in [0.15, 0.2) is 90.7 Å². The van der Waals surface area contributed by atoms with Gasteiger partial charge >= 0.3 is 5.97 Å². The summed E-state index contributed by atoms with van der Waals surface area (Å²) >= 11 is 0. The van der Waals surface area contributed by atoms with Crippen LogP contribution in [-0.2, 0) is 0 Å². The van der Waals surface area contributed by atoms with E-state index >= 15 is 0 Å². The number of ether oxygens (including phenoxy) is 2. The number of Topliss-reactive ketones (excluding diaryl/α,β-unsaturated/α-hetero) is 1. The molecule has 0 spiro atoms. The lowest BCUT2D eigenvalue weighted by Crippen LogP contribution is -2.10. The van der Waals surface area contributed by atoms with Crippen LogP contribution in [0.25, 0.3) is 6.08 Å². The zero-order chi connectivity index (χ0) is 20.2. The van der Waals surface area contributed by atoms with E-state index in [2.05, 4.69) is 0 Å². The van der Waals surface area contributed by atoms with Gasteiger partial charge in [0.15, 0.2) is 5.76 Å². The molecule has 142 valence electrons. The van der Waals surface area contributed by atoms with Crippen molar-refractivity contribution in [3.63, 3.8) is 0 Å². The summed E-state index contributed by atoms with van der Waals surface area (Å²) < 4.78 is 11.1. The normalized spacial score (nSPS) is 14.1. The molecule has 3 aromatic rings. The Bertz CT molecular complexity index is 1140. The summed E-state index contributed by atoms with van der Waals surface area (Å²) in [6.07, 6.45) is 5.30. The monoisotopic (exact) mass is 382 g/mol. The van der Waals surface area contributed by atoms with Crippen molar-refractivity contribution in [1.29, 1.82) is 0 Å². The summed E-state index contributed by atoms with van der Waals surface area (Å²) in [6, 6.07) is 21.7. The first-order valence-corrected chi connectivity index (χ1v) is 9.19. The molecule has 0 fully saturated rings. The SMILES string of the molecule is Cc1ccccc1C(=O)Oc1ccc2c(c1)O/C(=C\C=C\c1ccccc1)C2=O. The third kappa shape index (κ3) is 4.01. The molecule has 4 rings (SSSR count). The molecule has 3 aromatic carbocycles. The van der Waals surface area contributed by atoms with Gasteiger partial charge in [-0.1, -0.05) is 60.7 Å². The second kappa shape index (κ2) is 7.98. The van der Waals surface area contributed by atoms with Gasteiger partial charge in [-0.3, -0.25) is 4.79 Å². The van der Waals surface area contributed by atoms with Gasteiger partial charge in [0.05, 0.1) is 11.1 Å². The van der Waals surface area contributed by atoms with Gasteiger partial charge in [0.2, 0.25) is 5.78 Å². The van der Waals surface area contributed by atoms with Crippen molar-refractivity contribution in [2.24, 2.45) is 0 Å². The molecule has 4 nitrogen and oxygen atoms in total. The lowest BCUT2D eigenvalue weighted by molar-refractivity contribution is 0.0733. The first kappa shape index (κ1) is 18.4. The van der Waals surface area contributed by atoms with Crippen LogP contribution in [0.1, 0.15) is 31.8 Å². The molecule has 0 bridgehead atoms. The van der Waals surface area contributed by atoms with Crippen molar-refractivity contribution in [3.05, 3.63) is 113 Å². The van der Waals surface area contributed by atoms with E-state index in [1.807, 2.05) is 55.5 Å². The predicted molar refractivity (Wildman–Crippen MR) is 111 cm³/mol. The van der Waals surface area contributed by atoms with E-state index in [9.17, 15) is 9.59 Å². The van der Waals surface area contributed by atoms with Crippen LogP contribution in [0.2, 0.25) is 0 Å². The number of hydrogen-bond acceptors (Lipinski definition) is 4. The minimum absolute atomic E-state index is 0.200. The van der Waals surface area contributed by atoms with Crippen LogP contribution >= 0.6 is 0 Å². The average molecular weight is 382 g/mol. The highest BCUT2D eigenvalue weighted by atomic mass is 16.5. The zero-order valence-electron chi connectivity index (χ0n) is 15.8. The van der Waals surface area contributed by atoms with Crippen LogP contribution in [-0.4, -0.2) is 11.8 Å². The van der Waals surface area contributed by atoms with E-state index in [-0.39, 0.29) is 11.5 Å². The van der Waals surface area contributed by atoms with Crippen LogP contribution in [0.3, 0.4) is 0 Å². The lowest BCUT2D eigenvalue weighted by Gasteiger charge is -2.07. The van der Waals surface area contributed by atoms with Gasteiger partial charge < -0.3 is 9.47 Å². The number of benzene rings is 3. The fourth-order valence-corrected chi connectivity index (χ4v) is 3.02. The van der Waals surface area contributed by atoms with Crippen molar-refractivity contribution in [1.82, 2.24) is 0 Å². The van der Waals surface area contributed by atoms with E-state index in [1.165, 1.54) is 0 Å². The summed E-state index contributed by atoms with van der Waals surface area (Å²) in [7, 11) is 0. The Morgan fingerprint density at radius 1 is 0.966 bits per heavy atom. The molecule has 1 heterocycles. The Morgan fingerprint density at radius 2 is 1.72 bits per heavy atom. The van der Waals surface area contributed by atoms with Gasteiger partial charge in [-0.05, 0) is 42.3 Å². The Morgan fingerprint density at radius 3 is 2.52 bits per heavy atom. The highest BCUT2D eigenvalue weighted by molar-refractivity contribution is 6.12. The molecule has 0 aromatic heterocycles. The maximum absolute atomic E-state index is 12.5. The molecule has 1 aliphatic rings. The topological polar surface area (TPSA) is 52.6 Å². The van der Waals surface area contributed by atoms with Gasteiger partial charge in [0.25, 0.3) is 0 Å². The van der Waals surface area contributed by atoms with E-state index in [4.69, 9.17) is 9.47 Å². The van der Waals surface area contributed by atoms with Crippen LogP contribution in [0.5, 0.6) is 11.5 Å². The molecular formula is C25H18O4. The van der Waals surface area contributed by atoms with Crippen LogP contribution < -0.4 is 9.47 Å². The van der Waals surface area contributed by atoms with Crippen LogP contribution in [0.4, 0.5) is 0 Å². The summed E-state index contributed by atoms with van der Waals surface area (Å²) in [5, 5.41) is 0. The summed E-state index contributed by atoms with van der Waals surface area (Å²) in [4.78, 5) is 24.9. The molecule has 0 aliphatic carbocycles. The maximum atomic E-state index is 12.5. The average Bonchev–Trinajstić information content (AvgIpc) is 3.04. The standard InChI is InChI=1S/C25H18O4/c1-17-8-5-6-12-20(17)25(27)28-19-14-15-21-23(16-19)29-22(24(21)26)13-7-11-18-9-3-2-4-10-18/h2-16H,1H3/b11-7+,22-13-. The second-order valence-electron chi connectivity index (χ2n) is 6.59. The van der Waals surface area contributed by atoms with Gasteiger partial charge in [-0.25, -0.2) is 4.79 Å². The predicted octanol–water partition coefficient (Wildman–Crippen LogP) is 5.39.